The molecule has 0 aliphatic carbocycles. The van der Waals surface area contributed by atoms with Crippen LogP contribution >= 0.6 is 11.6 Å². The summed E-state index contributed by atoms with van der Waals surface area (Å²) in [5.74, 6) is 1.27. The Labute approximate surface area is 202 Å². The van der Waals surface area contributed by atoms with Crippen molar-refractivity contribution in [2.24, 2.45) is 0 Å². The van der Waals surface area contributed by atoms with Gasteiger partial charge in [0.1, 0.15) is 17.6 Å². The van der Waals surface area contributed by atoms with Gasteiger partial charge in [0, 0.05) is 36.8 Å². The van der Waals surface area contributed by atoms with E-state index in [1.165, 1.54) is 12.1 Å². The number of halogens is 2. The predicted octanol–water partition coefficient (Wildman–Crippen LogP) is 5.45. The molecule has 0 radical (unpaired) electrons. The molecule has 4 aromatic rings. The number of hydrogen-bond acceptors (Lipinski definition) is 6. The molecular weight excluding hydrogens is 455 g/mol. The Morgan fingerprint density at radius 1 is 0.941 bits per heavy atom. The van der Waals surface area contributed by atoms with Crippen LogP contribution in [0.3, 0.4) is 0 Å². The molecule has 1 atom stereocenters. The molecule has 1 aliphatic rings. The van der Waals surface area contributed by atoms with Gasteiger partial charge in [0.15, 0.2) is 0 Å². The van der Waals surface area contributed by atoms with E-state index in [4.69, 9.17) is 20.8 Å². The van der Waals surface area contributed by atoms with E-state index in [0.717, 1.165) is 43.2 Å². The minimum atomic E-state index is -0.348. The smallest absolute Gasteiger partial charge is 0.247 e. The first-order valence-corrected chi connectivity index (χ1v) is 11.5. The van der Waals surface area contributed by atoms with Gasteiger partial charge in [0.05, 0.1) is 12.8 Å². The standard InChI is InChI=1S/C26H24ClFN4O2/c1-33-23-8-3-2-7-22(23)31-13-15-32(16-14-31)24(18-9-11-20(27)12-10-18)26-30-29-25(34-26)19-5-4-6-21(28)17-19/h2-12,17,24H,13-16H2,1H3/t24-/m0/s1. The molecule has 34 heavy (non-hydrogen) atoms. The minimum absolute atomic E-state index is 0.244. The second-order valence-corrected chi connectivity index (χ2v) is 8.54. The summed E-state index contributed by atoms with van der Waals surface area (Å²) < 4.78 is 25.3. The lowest BCUT2D eigenvalue weighted by Crippen LogP contribution is -2.48. The van der Waals surface area contributed by atoms with Crippen LogP contribution < -0.4 is 9.64 Å². The average molecular weight is 479 g/mol. The zero-order valence-corrected chi connectivity index (χ0v) is 19.5. The quantitative estimate of drug-likeness (QED) is 0.367. The summed E-state index contributed by atoms with van der Waals surface area (Å²) in [7, 11) is 1.69. The molecule has 0 spiro atoms. The maximum Gasteiger partial charge on any atom is 0.247 e. The maximum atomic E-state index is 13.7. The predicted molar refractivity (Wildman–Crippen MR) is 130 cm³/mol. The monoisotopic (exact) mass is 478 g/mol. The van der Waals surface area contributed by atoms with Crippen molar-refractivity contribution >= 4 is 17.3 Å². The van der Waals surface area contributed by atoms with Crippen molar-refractivity contribution in [3.63, 3.8) is 0 Å². The molecule has 8 heteroatoms. The van der Waals surface area contributed by atoms with Gasteiger partial charge in [-0.05, 0) is 48.0 Å². The SMILES string of the molecule is COc1ccccc1N1CCN([C@@H](c2ccc(Cl)cc2)c2nnc(-c3cccc(F)c3)o2)CC1. The molecular formula is C26H24ClFN4O2. The largest absolute Gasteiger partial charge is 0.495 e. The highest BCUT2D eigenvalue weighted by Crippen LogP contribution is 2.34. The highest BCUT2D eigenvalue weighted by molar-refractivity contribution is 6.30. The van der Waals surface area contributed by atoms with E-state index in [1.54, 1.807) is 19.2 Å². The van der Waals surface area contributed by atoms with Gasteiger partial charge >= 0.3 is 0 Å². The Balaban J connectivity index is 1.42. The lowest BCUT2D eigenvalue weighted by Gasteiger charge is -2.39. The molecule has 0 amide bonds. The molecule has 0 bridgehead atoms. The lowest BCUT2D eigenvalue weighted by atomic mass is 10.0. The van der Waals surface area contributed by atoms with Gasteiger partial charge in [-0.25, -0.2) is 4.39 Å². The molecule has 3 aromatic carbocycles. The molecule has 174 valence electrons. The van der Waals surface area contributed by atoms with Crippen LogP contribution in [0.25, 0.3) is 11.5 Å². The summed E-state index contributed by atoms with van der Waals surface area (Å²) in [6, 6.07) is 21.6. The van der Waals surface area contributed by atoms with Crippen LogP contribution in [0.4, 0.5) is 10.1 Å². The van der Waals surface area contributed by atoms with Crippen LogP contribution in [-0.2, 0) is 0 Å². The number of hydrogen-bond donors (Lipinski definition) is 0. The van der Waals surface area contributed by atoms with E-state index in [-0.39, 0.29) is 11.9 Å². The topological polar surface area (TPSA) is 54.6 Å². The first-order valence-electron chi connectivity index (χ1n) is 11.1. The zero-order valence-electron chi connectivity index (χ0n) is 18.7. The summed E-state index contributed by atoms with van der Waals surface area (Å²) in [6.07, 6.45) is 0. The Kier molecular flexibility index (Phi) is 6.47. The van der Waals surface area contributed by atoms with Gasteiger partial charge < -0.3 is 14.1 Å². The van der Waals surface area contributed by atoms with E-state index in [0.29, 0.717) is 22.4 Å². The summed E-state index contributed by atoms with van der Waals surface area (Å²) in [6.45, 7) is 3.19. The Morgan fingerprint density at radius 2 is 1.71 bits per heavy atom. The van der Waals surface area contributed by atoms with E-state index in [2.05, 4.69) is 26.1 Å². The van der Waals surface area contributed by atoms with Crippen molar-refractivity contribution in [1.82, 2.24) is 15.1 Å². The lowest BCUT2D eigenvalue weighted by molar-refractivity contribution is 0.187. The highest BCUT2D eigenvalue weighted by Gasteiger charge is 2.31. The van der Waals surface area contributed by atoms with Crippen molar-refractivity contribution in [3.05, 3.63) is 95.1 Å². The van der Waals surface area contributed by atoms with Gasteiger partial charge in [-0.1, -0.05) is 41.9 Å². The number of para-hydroxylation sites is 2. The zero-order chi connectivity index (χ0) is 23.5. The summed E-state index contributed by atoms with van der Waals surface area (Å²) in [5.41, 5.74) is 2.64. The maximum absolute atomic E-state index is 13.7. The van der Waals surface area contributed by atoms with Crippen LogP contribution in [0.5, 0.6) is 5.75 Å². The summed E-state index contributed by atoms with van der Waals surface area (Å²) in [5, 5.41) is 9.22. The fourth-order valence-corrected chi connectivity index (χ4v) is 4.48. The number of methoxy groups -OCH3 is 1. The first kappa shape index (κ1) is 22.4. The summed E-state index contributed by atoms with van der Waals surface area (Å²) >= 11 is 6.14. The number of anilines is 1. The van der Waals surface area contributed by atoms with E-state index in [9.17, 15) is 4.39 Å². The average Bonchev–Trinajstić information content (AvgIpc) is 3.36. The fourth-order valence-electron chi connectivity index (χ4n) is 4.35. The third-order valence-electron chi connectivity index (χ3n) is 6.04. The van der Waals surface area contributed by atoms with Gasteiger partial charge in [-0.15, -0.1) is 10.2 Å². The van der Waals surface area contributed by atoms with E-state index in [1.807, 2.05) is 42.5 Å². The third kappa shape index (κ3) is 4.62. The molecule has 2 heterocycles. The molecule has 1 aliphatic heterocycles. The van der Waals surface area contributed by atoms with Crippen molar-refractivity contribution in [1.29, 1.82) is 0 Å². The van der Waals surface area contributed by atoms with Crippen molar-refractivity contribution < 1.29 is 13.5 Å². The van der Waals surface area contributed by atoms with Crippen LogP contribution in [-0.4, -0.2) is 48.4 Å². The van der Waals surface area contributed by atoms with Crippen LogP contribution in [0.1, 0.15) is 17.5 Å². The van der Waals surface area contributed by atoms with Gasteiger partial charge in [0.25, 0.3) is 0 Å². The molecule has 0 N–H and O–H groups in total. The minimum Gasteiger partial charge on any atom is -0.495 e. The second-order valence-electron chi connectivity index (χ2n) is 8.10. The third-order valence-corrected chi connectivity index (χ3v) is 6.29. The van der Waals surface area contributed by atoms with Crippen LogP contribution in [0, 0.1) is 5.82 Å². The number of ether oxygens (including phenoxy) is 1. The number of nitrogens with zero attached hydrogens (tertiary/aromatic N) is 4. The van der Waals surface area contributed by atoms with E-state index >= 15 is 0 Å². The molecule has 5 rings (SSSR count). The van der Waals surface area contributed by atoms with Crippen molar-refractivity contribution in [3.8, 4) is 17.2 Å². The fraction of sp³-hybridized carbons (Fsp3) is 0.231. The normalized spacial score (nSPS) is 15.3. The molecule has 0 unspecified atom stereocenters. The molecule has 1 saturated heterocycles. The number of aromatic nitrogens is 2. The first-order chi connectivity index (χ1) is 16.6. The Hall–Kier alpha value is -3.42. The van der Waals surface area contributed by atoms with Crippen molar-refractivity contribution in [2.75, 3.05) is 38.2 Å². The van der Waals surface area contributed by atoms with Gasteiger partial charge in [-0.2, -0.15) is 0 Å². The second kappa shape index (κ2) is 9.83. The number of benzene rings is 3. The molecule has 0 saturated carbocycles. The van der Waals surface area contributed by atoms with Gasteiger partial charge in [0.2, 0.25) is 11.8 Å². The summed E-state index contributed by atoms with van der Waals surface area (Å²) in [4.78, 5) is 4.64. The Morgan fingerprint density at radius 3 is 2.44 bits per heavy atom. The van der Waals surface area contributed by atoms with Crippen molar-refractivity contribution in [2.45, 2.75) is 6.04 Å². The number of piperazine rings is 1. The highest BCUT2D eigenvalue weighted by atomic mass is 35.5. The van der Waals surface area contributed by atoms with E-state index < -0.39 is 0 Å². The number of rotatable bonds is 6. The Bertz CT molecular complexity index is 1260. The molecule has 1 fully saturated rings. The van der Waals surface area contributed by atoms with Crippen LogP contribution in [0.2, 0.25) is 5.02 Å². The molecule has 1 aromatic heterocycles. The van der Waals surface area contributed by atoms with Gasteiger partial charge in [-0.3, -0.25) is 4.90 Å². The molecule has 6 nitrogen and oxygen atoms in total. The van der Waals surface area contributed by atoms with Crippen LogP contribution in [0.15, 0.2) is 77.2 Å².